The Morgan fingerprint density at radius 1 is 1.29 bits per heavy atom. The average Bonchev–Trinajstić information content (AvgIpc) is 2.29. The monoisotopic (exact) mass is 247 g/mol. The minimum atomic E-state index is -4.45. The lowest BCUT2D eigenvalue weighted by molar-refractivity contribution is -0.141. The van der Waals surface area contributed by atoms with Gasteiger partial charge in [0.05, 0.1) is 30.8 Å². The average molecular weight is 247 g/mol. The molecule has 0 radical (unpaired) electrons. The molecule has 0 unspecified atom stereocenters. The van der Waals surface area contributed by atoms with E-state index in [9.17, 15) is 13.2 Å². The maximum absolute atomic E-state index is 12.5. The summed E-state index contributed by atoms with van der Waals surface area (Å²) in [6, 6.07) is 0.987. The highest BCUT2D eigenvalue weighted by molar-refractivity contribution is 5.67. The third-order valence-corrected chi connectivity index (χ3v) is 2.55. The second-order valence-corrected chi connectivity index (χ2v) is 3.73. The normalized spacial score (nSPS) is 17.2. The third kappa shape index (κ3) is 2.60. The van der Waals surface area contributed by atoms with Crippen LogP contribution in [0.15, 0.2) is 12.3 Å². The number of hydrogen-bond donors (Lipinski definition) is 1. The quantitative estimate of drug-likeness (QED) is 0.817. The molecule has 0 amide bonds. The first-order valence-electron chi connectivity index (χ1n) is 5.14. The summed E-state index contributed by atoms with van der Waals surface area (Å²) in [5.74, 6) is 0. The molecule has 2 N–H and O–H groups in total. The molecule has 4 nitrogen and oxygen atoms in total. The van der Waals surface area contributed by atoms with E-state index < -0.39 is 11.9 Å². The van der Waals surface area contributed by atoms with Gasteiger partial charge in [-0.1, -0.05) is 0 Å². The van der Waals surface area contributed by atoms with Crippen LogP contribution in [0.3, 0.4) is 0 Å². The number of pyridine rings is 1. The largest absolute Gasteiger partial charge is 0.433 e. The van der Waals surface area contributed by atoms with Gasteiger partial charge in [0.2, 0.25) is 0 Å². The molecule has 1 saturated heterocycles. The molecule has 1 aromatic rings. The van der Waals surface area contributed by atoms with Gasteiger partial charge in [-0.15, -0.1) is 0 Å². The van der Waals surface area contributed by atoms with Crippen molar-refractivity contribution in [2.45, 2.75) is 6.18 Å². The number of alkyl halides is 3. The van der Waals surface area contributed by atoms with E-state index in [0.29, 0.717) is 32.0 Å². The summed E-state index contributed by atoms with van der Waals surface area (Å²) >= 11 is 0. The summed E-state index contributed by atoms with van der Waals surface area (Å²) in [5, 5.41) is 0. The summed E-state index contributed by atoms with van der Waals surface area (Å²) in [5.41, 5.74) is 5.35. The zero-order chi connectivity index (χ0) is 12.5. The molecule has 2 heterocycles. The van der Waals surface area contributed by atoms with Crippen LogP contribution in [0.2, 0.25) is 0 Å². The van der Waals surface area contributed by atoms with Crippen LogP contribution in [0.5, 0.6) is 0 Å². The number of rotatable bonds is 1. The van der Waals surface area contributed by atoms with Crippen molar-refractivity contribution in [3.63, 3.8) is 0 Å². The second-order valence-electron chi connectivity index (χ2n) is 3.73. The van der Waals surface area contributed by atoms with E-state index in [4.69, 9.17) is 10.5 Å². The molecule has 17 heavy (non-hydrogen) atoms. The number of aromatic nitrogens is 1. The molecule has 0 spiro atoms. The van der Waals surface area contributed by atoms with Crippen LogP contribution >= 0.6 is 0 Å². The fraction of sp³-hybridized carbons (Fsp3) is 0.500. The van der Waals surface area contributed by atoms with Crippen LogP contribution < -0.4 is 10.6 Å². The van der Waals surface area contributed by atoms with Gasteiger partial charge in [0.25, 0.3) is 0 Å². The Balaban J connectivity index is 2.31. The van der Waals surface area contributed by atoms with Crippen LogP contribution in [0.25, 0.3) is 0 Å². The van der Waals surface area contributed by atoms with Crippen molar-refractivity contribution >= 4 is 11.4 Å². The van der Waals surface area contributed by atoms with Crippen LogP contribution in [-0.2, 0) is 10.9 Å². The second kappa shape index (κ2) is 4.40. The van der Waals surface area contributed by atoms with E-state index >= 15 is 0 Å². The molecular formula is C10H12F3N3O. The molecule has 1 aliphatic heterocycles. The fourth-order valence-corrected chi connectivity index (χ4v) is 1.69. The number of morpholine rings is 1. The molecular weight excluding hydrogens is 235 g/mol. The van der Waals surface area contributed by atoms with Crippen molar-refractivity contribution < 1.29 is 17.9 Å². The van der Waals surface area contributed by atoms with Gasteiger partial charge >= 0.3 is 6.18 Å². The topological polar surface area (TPSA) is 51.4 Å². The van der Waals surface area contributed by atoms with Gasteiger partial charge in [-0.2, -0.15) is 13.2 Å². The first-order valence-corrected chi connectivity index (χ1v) is 5.14. The minimum absolute atomic E-state index is 0.250. The van der Waals surface area contributed by atoms with E-state index in [1.54, 1.807) is 4.90 Å². The van der Waals surface area contributed by atoms with E-state index in [2.05, 4.69) is 4.98 Å². The summed E-state index contributed by atoms with van der Waals surface area (Å²) in [6.45, 7) is 2.04. The molecule has 0 bridgehead atoms. The predicted molar refractivity (Wildman–Crippen MR) is 56.7 cm³/mol. The van der Waals surface area contributed by atoms with E-state index in [-0.39, 0.29) is 5.69 Å². The molecule has 0 atom stereocenters. The number of nitrogens with zero attached hydrogens (tertiary/aromatic N) is 2. The van der Waals surface area contributed by atoms with Gasteiger partial charge in [-0.05, 0) is 6.07 Å². The van der Waals surface area contributed by atoms with Crippen LogP contribution in [0, 0.1) is 0 Å². The molecule has 1 aliphatic rings. The van der Waals surface area contributed by atoms with Crippen LogP contribution in [0.1, 0.15) is 5.69 Å². The van der Waals surface area contributed by atoms with Gasteiger partial charge in [0.1, 0.15) is 5.69 Å². The van der Waals surface area contributed by atoms with Crippen molar-refractivity contribution in [1.82, 2.24) is 4.98 Å². The van der Waals surface area contributed by atoms with Gasteiger partial charge in [-0.3, -0.25) is 0 Å². The Labute approximate surface area is 96.2 Å². The molecule has 94 valence electrons. The Morgan fingerprint density at radius 2 is 1.94 bits per heavy atom. The first kappa shape index (κ1) is 12.0. The Bertz CT molecular complexity index is 402. The maximum Gasteiger partial charge on any atom is 0.433 e. The highest BCUT2D eigenvalue weighted by atomic mass is 19.4. The lowest BCUT2D eigenvalue weighted by atomic mass is 10.2. The van der Waals surface area contributed by atoms with Crippen molar-refractivity contribution in [2.75, 3.05) is 36.9 Å². The van der Waals surface area contributed by atoms with Crippen molar-refractivity contribution in [2.24, 2.45) is 0 Å². The Kier molecular flexibility index (Phi) is 3.10. The molecule has 2 rings (SSSR count). The van der Waals surface area contributed by atoms with E-state index in [1.165, 1.54) is 0 Å². The number of ether oxygens (including phenoxy) is 1. The molecule has 1 aromatic heterocycles. The van der Waals surface area contributed by atoms with Crippen LogP contribution in [0.4, 0.5) is 24.5 Å². The number of nitrogen functional groups attached to an aromatic ring is 1. The van der Waals surface area contributed by atoms with Crippen molar-refractivity contribution in [1.29, 1.82) is 0 Å². The van der Waals surface area contributed by atoms with E-state index in [0.717, 1.165) is 12.3 Å². The zero-order valence-electron chi connectivity index (χ0n) is 9.00. The van der Waals surface area contributed by atoms with Crippen molar-refractivity contribution in [3.05, 3.63) is 18.0 Å². The van der Waals surface area contributed by atoms with Gasteiger partial charge in [0.15, 0.2) is 0 Å². The minimum Gasteiger partial charge on any atom is -0.396 e. The first-order chi connectivity index (χ1) is 7.98. The molecule has 0 aromatic carbocycles. The number of nitrogens with two attached hydrogens (primary N) is 1. The molecule has 1 fully saturated rings. The van der Waals surface area contributed by atoms with Gasteiger partial charge < -0.3 is 15.4 Å². The fourth-order valence-electron chi connectivity index (χ4n) is 1.69. The summed E-state index contributed by atoms with van der Waals surface area (Å²) in [6.07, 6.45) is -3.40. The standard InChI is InChI=1S/C10H12F3N3O/c11-10(12,13)9-5-8(7(14)6-15-9)16-1-3-17-4-2-16/h5-6H,1-4,14H2. The Hall–Kier alpha value is -1.50. The number of anilines is 2. The Morgan fingerprint density at radius 3 is 2.53 bits per heavy atom. The van der Waals surface area contributed by atoms with Gasteiger partial charge in [-0.25, -0.2) is 4.98 Å². The number of hydrogen-bond acceptors (Lipinski definition) is 4. The van der Waals surface area contributed by atoms with E-state index in [1.807, 2.05) is 0 Å². The van der Waals surface area contributed by atoms with Gasteiger partial charge in [0, 0.05) is 13.1 Å². The van der Waals surface area contributed by atoms with Crippen molar-refractivity contribution in [3.8, 4) is 0 Å². The maximum atomic E-state index is 12.5. The molecule has 0 saturated carbocycles. The van der Waals surface area contributed by atoms with Crippen LogP contribution in [-0.4, -0.2) is 31.3 Å². The molecule has 7 heteroatoms. The lowest BCUT2D eigenvalue weighted by Gasteiger charge is -2.30. The lowest BCUT2D eigenvalue weighted by Crippen LogP contribution is -2.36. The highest BCUT2D eigenvalue weighted by Crippen LogP contribution is 2.32. The summed E-state index contributed by atoms with van der Waals surface area (Å²) in [7, 11) is 0. The predicted octanol–water partition coefficient (Wildman–Crippen LogP) is 1.52. The highest BCUT2D eigenvalue weighted by Gasteiger charge is 2.33. The SMILES string of the molecule is Nc1cnc(C(F)(F)F)cc1N1CCOCC1. The summed E-state index contributed by atoms with van der Waals surface area (Å²) < 4.78 is 42.7. The summed E-state index contributed by atoms with van der Waals surface area (Å²) in [4.78, 5) is 5.07. The smallest absolute Gasteiger partial charge is 0.396 e. The molecule has 0 aliphatic carbocycles. The number of halogens is 3. The third-order valence-electron chi connectivity index (χ3n) is 2.55. The zero-order valence-corrected chi connectivity index (χ0v) is 9.00.